The minimum absolute atomic E-state index is 0.570. The molecule has 80 valence electrons. The fourth-order valence-corrected chi connectivity index (χ4v) is 3.84. The quantitative estimate of drug-likeness (QED) is 0.731. The van der Waals surface area contributed by atoms with Gasteiger partial charge in [0.15, 0.2) is 0 Å². The van der Waals surface area contributed by atoms with Gasteiger partial charge in [-0.05, 0) is 35.4 Å². The highest BCUT2D eigenvalue weighted by molar-refractivity contribution is 5.50. The molecule has 3 rings (SSSR count). The zero-order chi connectivity index (χ0) is 10.6. The van der Waals surface area contributed by atoms with Gasteiger partial charge in [-0.15, -0.1) is 0 Å². The average Bonchev–Trinajstić information content (AvgIpc) is 3.14. The van der Waals surface area contributed by atoms with Crippen LogP contribution >= 0.6 is 0 Å². The summed E-state index contributed by atoms with van der Waals surface area (Å²) in [5.74, 6) is 3.82. The second-order valence-corrected chi connectivity index (χ2v) is 4.99. The molecule has 0 saturated heterocycles. The summed E-state index contributed by atoms with van der Waals surface area (Å²) in [5, 5.41) is 0. The number of fused-ring (bicyclic) bond motifs is 1. The Labute approximate surface area is 91.5 Å². The Morgan fingerprint density at radius 2 is 1.93 bits per heavy atom. The average molecular weight is 202 g/mol. The SMILES string of the molecule is CC[C@@H]1C2C(C)C21c1ccc(OC)cc1. The summed E-state index contributed by atoms with van der Waals surface area (Å²) in [7, 11) is 1.72. The first-order valence-electron chi connectivity index (χ1n) is 5.91. The molecule has 1 aromatic carbocycles. The highest BCUT2D eigenvalue weighted by Crippen LogP contribution is 2.84. The van der Waals surface area contributed by atoms with Crippen LogP contribution in [0.25, 0.3) is 0 Å². The first-order chi connectivity index (χ1) is 7.26. The van der Waals surface area contributed by atoms with E-state index in [4.69, 9.17) is 4.74 Å². The van der Waals surface area contributed by atoms with Gasteiger partial charge in [0.25, 0.3) is 0 Å². The number of rotatable bonds is 3. The van der Waals surface area contributed by atoms with E-state index in [9.17, 15) is 0 Å². The molecule has 4 atom stereocenters. The number of ether oxygens (including phenoxy) is 1. The van der Waals surface area contributed by atoms with E-state index in [1.165, 1.54) is 12.0 Å². The van der Waals surface area contributed by atoms with E-state index < -0.39 is 0 Å². The Kier molecular flexibility index (Phi) is 1.72. The van der Waals surface area contributed by atoms with Gasteiger partial charge in [-0.25, -0.2) is 0 Å². The first-order valence-corrected chi connectivity index (χ1v) is 5.91. The summed E-state index contributed by atoms with van der Waals surface area (Å²) in [6.07, 6.45) is 1.33. The highest BCUT2D eigenvalue weighted by atomic mass is 16.5. The number of benzene rings is 1. The fraction of sp³-hybridized carbons (Fsp3) is 0.571. The van der Waals surface area contributed by atoms with Crippen LogP contribution in [0.1, 0.15) is 25.8 Å². The summed E-state index contributed by atoms with van der Waals surface area (Å²) >= 11 is 0. The third kappa shape index (κ3) is 0.940. The van der Waals surface area contributed by atoms with Crippen molar-refractivity contribution in [3.63, 3.8) is 0 Å². The van der Waals surface area contributed by atoms with Crippen molar-refractivity contribution in [3.8, 4) is 5.75 Å². The predicted octanol–water partition coefficient (Wildman–Crippen LogP) is 3.24. The van der Waals surface area contributed by atoms with E-state index in [1.54, 1.807) is 7.11 Å². The Bertz CT molecular complexity index is 375. The van der Waals surface area contributed by atoms with Crippen molar-refractivity contribution in [3.05, 3.63) is 29.8 Å². The van der Waals surface area contributed by atoms with Crippen LogP contribution in [0.15, 0.2) is 24.3 Å². The van der Waals surface area contributed by atoms with Crippen LogP contribution in [0.4, 0.5) is 0 Å². The zero-order valence-corrected chi connectivity index (χ0v) is 9.66. The van der Waals surface area contributed by atoms with Crippen molar-refractivity contribution in [2.45, 2.75) is 25.7 Å². The normalized spacial score (nSPS) is 40.9. The summed E-state index contributed by atoms with van der Waals surface area (Å²) < 4.78 is 5.20. The molecular weight excluding hydrogens is 184 g/mol. The van der Waals surface area contributed by atoms with Crippen LogP contribution in [0.5, 0.6) is 5.75 Å². The van der Waals surface area contributed by atoms with Crippen LogP contribution in [0, 0.1) is 17.8 Å². The third-order valence-electron chi connectivity index (χ3n) is 4.70. The molecule has 1 nitrogen and oxygen atoms in total. The van der Waals surface area contributed by atoms with Gasteiger partial charge in [0.1, 0.15) is 5.75 Å². The number of hydrogen-bond acceptors (Lipinski definition) is 1. The zero-order valence-electron chi connectivity index (χ0n) is 9.66. The van der Waals surface area contributed by atoms with Crippen LogP contribution in [0.3, 0.4) is 0 Å². The van der Waals surface area contributed by atoms with Gasteiger partial charge >= 0.3 is 0 Å². The second-order valence-electron chi connectivity index (χ2n) is 4.99. The van der Waals surface area contributed by atoms with E-state index in [1.807, 2.05) is 0 Å². The number of hydrogen-bond donors (Lipinski definition) is 0. The van der Waals surface area contributed by atoms with Gasteiger partial charge in [-0.2, -0.15) is 0 Å². The molecule has 2 aliphatic carbocycles. The van der Waals surface area contributed by atoms with Crippen molar-refractivity contribution in [2.24, 2.45) is 17.8 Å². The van der Waals surface area contributed by atoms with Gasteiger partial charge in [0, 0.05) is 5.41 Å². The molecule has 3 unspecified atom stereocenters. The Balaban J connectivity index is 1.88. The molecule has 2 saturated carbocycles. The van der Waals surface area contributed by atoms with E-state index in [-0.39, 0.29) is 0 Å². The summed E-state index contributed by atoms with van der Waals surface area (Å²) in [5.41, 5.74) is 2.11. The molecule has 0 aromatic heterocycles. The van der Waals surface area contributed by atoms with Crippen molar-refractivity contribution in [1.29, 1.82) is 0 Å². The molecule has 2 fully saturated rings. The van der Waals surface area contributed by atoms with Gasteiger partial charge in [0.2, 0.25) is 0 Å². The summed E-state index contributed by atoms with van der Waals surface area (Å²) in [6.45, 7) is 4.70. The van der Waals surface area contributed by atoms with Gasteiger partial charge in [-0.1, -0.05) is 32.4 Å². The smallest absolute Gasteiger partial charge is 0.118 e. The lowest BCUT2D eigenvalue weighted by molar-refractivity contribution is 0.414. The van der Waals surface area contributed by atoms with Crippen molar-refractivity contribution >= 4 is 0 Å². The molecule has 0 heterocycles. The molecular formula is C14H18O. The molecule has 0 spiro atoms. The Morgan fingerprint density at radius 1 is 1.27 bits per heavy atom. The molecule has 15 heavy (non-hydrogen) atoms. The van der Waals surface area contributed by atoms with Gasteiger partial charge < -0.3 is 4.74 Å². The molecule has 1 heteroatoms. The van der Waals surface area contributed by atoms with Gasteiger partial charge in [-0.3, -0.25) is 0 Å². The van der Waals surface area contributed by atoms with E-state index in [2.05, 4.69) is 38.1 Å². The monoisotopic (exact) mass is 202 g/mol. The van der Waals surface area contributed by atoms with Crippen LogP contribution in [0.2, 0.25) is 0 Å². The van der Waals surface area contributed by atoms with E-state index in [0.717, 1.165) is 23.5 Å². The van der Waals surface area contributed by atoms with E-state index in [0.29, 0.717) is 5.41 Å². The Morgan fingerprint density at radius 3 is 2.33 bits per heavy atom. The van der Waals surface area contributed by atoms with Crippen molar-refractivity contribution in [2.75, 3.05) is 7.11 Å². The minimum atomic E-state index is 0.570. The lowest BCUT2D eigenvalue weighted by atomic mass is 9.89. The molecule has 0 amide bonds. The van der Waals surface area contributed by atoms with E-state index >= 15 is 0 Å². The Hall–Kier alpha value is -0.980. The van der Waals surface area contributed by atoms with Crippen LogP contribution in [-0.2, 0) is 5.41 Å². The first kappa shape index (κ1) is 9.26. The molecule has 0 N–H and O–H groups in total. The largest absolute Gasteiger partial charge is 0.497 e. The summed E-state index contributed by atoms with van der Waals surface area (Å²) in [6, 6.07) is 8.70. The minimum Gasteiger partial charge on any atom is -0.497 e. The van der Waals surface area contributed by atoms with Crippen molar-refractivity contribution in [1.82, 2.24) is 0 Å². The maximum absolute atomic E-state index is 5.20. The second kappa shape index (κ2) is 2.78. The van der Waals surface area contributed by atoms with Crippen molar-refractivity contribution < 1.29 is 4.74 Å². The molecule has 0 bridgehead atoms. The predicted molar refractivity (Wildman–Crippen MR) is 61.1 cm³/mol. The lowest BCUT2D eigenvalue weighted by Crippen LogP contribution is -2.10. The molecule has 2 aliphatic rings. The highest BCUT2D eigenvalue weighted by Gasteiger charge is 2.83. The standard InChI is InChI=1S/C14H18O/c1-4-12-13-9(2)14(12,13)10-5-7-11(15-3)8-6-10/h5-9,12-13H,4H2,1-3H3/t9?,12-,13?,14?/m1/s1. The van der Waals surface area contributed by atoms with Crippen LogP contribution < -0.4 is 4.74 Å². The molecule has 0 radical (unpaired) electrons. The third-order valence-corrected chi connectivity index (χ3v) is 4.70. The summed E-state index contributed by atoms with van der Waals surface area (Å²) in [4.78, 5) is 0. The topological polar surface area (TPSA) is 9.23 Å². The van der Waals surface area contributed by atoms with Crippen LogP contribution in [-0.4, -0.2) is 7.11 Å². The lowest BCUT2D eigenvalue weighted by Gasteiger charge is -2.15. The molecule has 1 aromatic rings. The molecule has 0 aliphatic heterocycles. The number of methoxy groups -OCH3 is 1. The fourth-order valence-electron chi connectivity index (χ4n) is 3.84. The van der Waals surface area contributed by atoms with Gasteiger partial charge in [0.05, 0.1) is 7.11 Å². The maximum atomic E-state index is 5.20. The maximum Gasteiger partial charge on any atom is 0.118 e.